The van der Waals surface area contributed by atoms with Crippen LogP contribution in [0.3, 0.4) is 0 Å². The lowest BCUT2D eigenvalue weighted by atomic mass is 9.92. The van der Waals surface area contributed by atoms with Crippen LogP contribution in [0, 0.1) is 0 Å². The highest BCUT2D eigenvalue weighted by Crippen LogP contribution is 2.36. The van der Waals surface area contributed by atoms with E-state index in [1.807, 2.05) is 13.8 Å². The van der Waals surface area contributed by atoms with Crippen LogP contribution in [-0.2, 0) is 11.2 Å². The first-order valence-electron chi connectivity index (χ1n) is 7.18. The first kappa shape index (κ1) is 15.5. The van der Waals surface area contributed by atoms with Crippen LogP contribution in [0.1, 0.15) is 48.2 Å². The molecule has 0 saturated heterocycles. The van der Waals surface area contributed by atoms with Crippen molar-refractivity contribution in [3.63, 3.8) is 0 Å². The Labute approximate surface area is 131 Å². The number of hydrogen-bond donors (Lipinski definition) is 1. The van der Waals surface area contributed by atoms with Crippen molar-refractivity contribution >= 4 is 5.91 Å². The number of primary amides is 1. The third kappa shape index (κ3) is 2.81. The van der Waals surface area contributed by atoms with Crippen molar-refractivity contribution in [1.82, 2.24) is 14.8 Å². The highest BCUT2D eigenvalue weighted by molar-refractivity contribution is 5.92. The number of aromatic nitrogens is 3. The summed E-state index contributed by atoms with van der Waals surface area (Å²) in [6, 6.07) is 1.53. The lowest BCUT2D eigenvalue weighted by Gasteiger charge is -2.29. The topological polar surface area (TPSA) is 83.0 Å². The molecule has 1 aliphatic rings. The Morgan fingerprint density at radius 2 is 2.22 bits per heavy atom. The first-order chi connectivity index (χ1) is 10.9. The molecule has 2 atom stereocenters. The summed E-state index contributed by atoms with van der Waals surface area (Å²) in [7, 11) is 0. The molecule has 0 bridgehead atoms. The zero-order chi connectivity index (χ0) is 16.7. The zero-order valence-corrected chi connectivity index (χ0v) is 12.7. The van der Waals surface area contributed by atoms with Crippen LogP contribution in [0.25, 0.3) is 11.1 Å². The quantitative estimate of drug-likeness (QED) is 0.941. The predicted octanol–water partition coefficient (Wildman–Crippen LogP) is 2.46. The average molecular weight is 322 g/mol. The third-order valence-corrected chi connectivity index (χ3v) is 3.83. The number of carbonyl (C=O) groups excluding carboxylic acids is 1. The molecule has 2 aromatic rings. The average Bonchev–Trinajstić information content (AvgIpc) is 2.96. The number of halogens is 2. The van der Waals surface area contributed by atoms with Gasteiger partial charge in [-0.3, -0.25) is 4.79 Å². The van der Waals surface area contributed by atoms with Crippen LogP contribution in [-0.4, -0.2) is 26.8 Å². The molecular weight excluding hydrogens is 306 g/mol. The van der Waals surface area contributed by atoms with Crippen LogP contribution in [0.5, 0.6) is 0 Å². The van der Waals surface area contributed by atoms with E-state index in [2.05, 4.69) is 10.1 Å². The number of nitrogens with two attached hydrogens (primary N) is 1. The zero-order valence-electron chi connectivity index (χ0n) is 12.7. The fraction of sp³-hybridized carbons (Fsp3) is 0.400. The summed E-state index contributed by atoms with van der Waals surface area (Å²) in [4.78, 5) is 15.8. The fourth-order valence-electron chi connectivity index (χ4n) is 2.86. The highest BCUT2D eigenvalue weighted by atomic mass is 19.3. The van der Waals surface area contributed by atoms with E-state index >= 15 is 0 Å². The van der Waals surface area contributed by atoms with Crippen LogP contribution >= 0.6 is 0 Å². The van der Waals surface area contributed by atoms with E-state index in [-0.39, 0.29) is 17.9 Å². The monoisotopic (exact) mass is 322 g/mol. The SMILES string of the molecule is C[C@@H]1O[C@@H](C)Cc2c(-c3cnn(C(F)F)c3)cc(C(N)=O)nc21. The van der Waals surface area contributed by atoms with E-state index in [9.17, 15) is 13.6 Å². The Morgan fingerprint density at radius 1 is 1.48 bits per heavy atom. The molecule has 0 fully saturated rings. The van der Waals surface area contributed by atoms with Crippen LogP contribution < -0.4 is 5.73 Å². The number of rotatable bonds is 3. The van der Waals surface area contributed by atoms with Gasteiger partial charge >= 0.3 is 6.55 Å². The summed E-state index contributed by atoms with van der Waals surface area (Å²) in [5, 5.41) is 3.65. The van der Waals surface area contributed by atoms with Crippen molar-refractivity contribution in [2.75, 3.05) is 0 Å². The second kappa shape index (κ2) is 5.69. The molecule has 0 saturated carbocycles. The minimum Gasteiger partial charge on any atom is -0.369 e. The van der Waals surface area contributed by atoms with Crippen molar-refractivity contribution < 1.29 is 18.3 Å². The highest BCUT2D eigenvalue weighted by Gasteiger charge is 2.28. The summed E-state index contributed by atoms with van der Waals surface area (Å²) in [5.41, 5.74) is 8.03. The van der Waals surface area contributed by atoms with Gasteiger partial charge in [0.25, 0.3) is 5.91 Å². The summed E-state index contributed by atoms with van der Waals surface area (Å²) < 4.78 is 31.8. The van der Waals surface area contributed by atoms with Gasteiger partial charge in [0.2, 0.25) is 0 Å². The molecular formula is C15H16F2N4O2. The number of fused-ring (bicyclic) bond motifs is 1. The minimum atomic E-state index is -2.72. The molecule has 1 amide bonds. The van der Waals surface area contributed by atoms with Gasteiger partial charge in [0, 0.05) is 18.2 Å². The van der Waals surface area contributed by atoms with Crippen molar-refractivity contribution in [2.24, 2.45) is 5.73 Å². The molecule has 8 heteroatoms. The molecule has 0 aromatic carbocycles. The standard InChI is InChI=1S/C15H16F2N4O2/c1-7-3-11-10(9-5-19-21(6-9)15(16)17)4-12(14(18)22)20-13(11)8(2)23-7/h4-8,15H,3H2,1-2H3,(H2,18,22)/t7-,8-/m0/s1. The Balaban J connectivity index is 2.19. The molecule has 6 nitrogen and oxygen atoms in total. The number of alkyl halides is 2. The van der Waals surface area contributed by atoms with Crippen molar-refractivity contribution in [1.29, 1.82) is 0 Å². The second-order valence-electron chi connectivity index (χ2n) is 5.56. The molecule has 3 heterocycles. The summed E-state index contributed by atoms with van der Waals surface area (Å²) in [6.07, 6.45) is 2.81. The number of carbonyl (C=O) groups is 1. The minimum absolute atomic E-state index is 0.0392. The third-order valence-electron chi connectivity index (χ3n) is 3.83. The molecule has 3 rings (SSSR count). The van der Waals surface area contributed by atoms with E-state index in [4.69, 9.17) is 10.5 Å². The van der Waals surface area contributed by atoms with Gasteiger partial charge in [-0.2, -0.15) is 13.9 Å². The maximum absolute atomic E-state index is 12.8. The number of pyridine rings is 1. The Hall–Kier alpha value is -2.35. The van der Waals surface area contributed by atoms with Gasteiger partial charge < -0.3 is 10.5 Å². The number of nitrogens with zero attached hydrogens (tertiary/aromatic N) is 3. The second-order valence-corrected chi connectivity index (χ2v) is 5.56. The normalized spacial score (nSPS) is 20.6. The summed E-state index contributed by atoms with van der Waals surface area (Å²) in [6.45, 7) is 1.03. The first-order valence-corrected chi connectivity index (χ1v) is 7.18. The maximum atomic E-state index is 12.8. The summed E-state index contributed by atoms with van der Waals surface area (Å²) in [5.74, 6) is -0.680. The molecule has 0 radical (unpaired) electrons. The van der Waals surface area contributed by atoms with Crippen molar-refractivity contribution in [3.8, 4) is 11.1 Å². The molecule has 0 spiro atoms. The van der Waals surface area contributed by atoms with Gasteiger partial charge in [-0.05, 0) is 31.0 Å². The van der Waals surface area contributed by atoms with Gasteiger partial charge in [0.1, 0.15) is 5.69 Å². The largest absolute Gasteiger partial charge is 0.369 e. The molecule has 23 heavy (non-hydrogen) atoms. The van der Waals surface area contributed by atoms with Crippen LogP contribution in [0.15, 0.2) is 18.5 Å². The van der Waals surface area contributed by atoms with Gasteiger partial charge in [0.05, 0.1) is 24.1 Å². The summed E-state index contributed by atoms with van der Waals surface area (Å²) >= 11 is 0. The molecule has 1 aliphatic heterocycles. The van der Waals surface area contributed by atoms with Crippen LogP contribution in [0.4, 0.5) is 8.78 Å². The number of amides is 1. The Bertz CT molecular complexity index is 760. The van der Waals surface area contributed by atoms with Gasteiger partial charge in [-0.25, -0.2) is 9.67 Å². The van der Waals surface area contributed by atoms with E-state index in [0.29, 0.717) is 27.9 Å². The molecule has 122 valence electrons. The lowest BCUT2D eigenvalue weighted by molar-refractivity contribution is -0.00740. The number of hydrogen-bond acceptors (Lipinski definition) is 4. The smallest absolute Gasteiger partial charge is 0.333 e. The van der Waals surface area contributed by atoms with E-state index in [1.54, 1.807) is 0 Å². The van der Waals surface area contributed by atoms with E-state index in [1.165, 1.54) is 18.5 Å². The predicted molar refractivity (Wildman–Crippen MR) is 77.9 cm³/mol. The molecule has 0 unspecified atom stereocenters. The Kier molecular flexibility index (Phi) is 3.85. The maximum Gasteiger partial charge on any atom is 0.333 e. The van der Waals surface area contributed by atoms with Crippen molar-refractivity contribution in [3.05, 3.63) is 35.4 Å². The van der Waals surface area contributed by atoms with Gasteiger partial charge in [-0.15, -0.1) is 0 Å². The van der Waals surface area contributed by atoms with Crippen LogP contribution in [0.2, 0.25) is 0 Å². The van der Waals surface area contributed by atoms with Crippen molar-refractivity contribution in [2.45, 2.75) is 39.0 Å². The fourth-order valence-corrected chi connectivity index (χ4v) is 2.86. The number of ether oxygens (including phenoxy) is 1. The Morgan fingerprint density at radius 3 is 2.83 bits per heavy atom. The van der Waals surface area contributed by atoms with Gasteiger partial charge in [-0.1, -0.05) is 0 Å². The molecule has 2 N–H and O–H groups in total. The van der Waals surface area contributed by atoms with Gasteiger partial charge in [0.15, 0.2) is 0 Å². The lowest BCUT2D eigenvalue weighted by Crippen LogP contribution is -2.26. The molecule has 0 aliphatic carbocycles. The van der Waals surface area contributed by atoms with E-state index < -0.39 is 12.5 Å². The van der Waals surface area contributed by atoms with E-state index in [0.717, 1.165) is 5.56 Å². The molecule has 2 aromatic heterocycles.